The number of rotatable bonds is 0. The zero-order valence-electron chi connectivity index (χ0n) is 6.97. The SMILES string of the molecule is Cl.ClC1C(Cl)C(Cl)C(Cl)C(Cl)C1Cl.O.[Co]. The standard InChI is InChI=1S/C6H6Cl6.ClH.Co.H2O/c7-1-2(8)4(10)6(12)5(11)3(1)9;;;/h1-6H;1H;;1H2. The van der Waals surface area contributed by atoms with Gasteiger partial charge in [0.1, 0.15) is 0 Å². The van der Waals surface area contributed by atoms with Crippen molar-refractivity contribution in [3.05, 3.63) is 0 Å². The van der Waals surface area contributed by atoms with Crippen LogP contribution in [0.25, 0.3) is 0 Å². The summed E-state index contributed by atoms with van der Waals surface area (Å²) in [5.41, 5.74) is 0. The van der Waals surface area contributed by atoms with E-state index in [1.54, 1.807) is 0 Å². The number of halogens is 7. The minimum atomic E-state index is -0.437. The average Bonchev–Trinajstić information content (AvgIpc) is 2.08. The molecule has 0 aliphatic heterocycles. The fourth-order valence-corrected chi connectivity index (χ4v) is 3.38. The molecule has 1 aliphatic rings. The second-order valence-electron chi connectivity index (χ2n) is 2.67. The van der Waals surface area contributed by atoms with Crippen LogP contribution in [0.1, 0.15) is 0 Å². The quantitative estimate of drug-likeness (QED) is 0.556. The van der Waals surface area contributed by atoms with E-state index in [-0.39, 0.29) is 34.7 Å². The Morgan fingerprint density at radius 2 is 0.533 bits per heavy atom. The summed E-state index contributed by atoms with van der Waals surface area (Å²) in [5, 5.41) is -2.62. The topological polar surface area (TPSA) is 31.5 Å². The fourth-order valence-electron chi connectivity index (χ4n) is 1.05. The molecule has 15 heavy (non-hydrogen) atoms. The predicted octanol–water partition coefficient (Wildman–Crippen LogP) is 3.24. The van der Waals surface area contributed by atoms with Crippen molar-refractivity contribution in [2.24, 2.45) is 0 Å². The van der Waals surface area contributed by atoms with Gasteiger partial charge in [0, 0.05) is 16.8 Å². The van der Waals surface area contributed by atoms with Gasteiger partial charge in [-0.15, -0.1) is 82.0 Å². The maximum atomic E-state index is 5.88. The maximum absolute atomic E-state index is 5.88. The Morgan fingerprint density at radius 3 is 0.600 bits per heavy atom. The van der Waals surface area contributed by atoms with Crippen LogP contribution in [0, 0.1) is 0 Å². The van der Waals surface area contributed by atoms with Crippen molar-refractivity contribution in [2.45, 2.75) is 32.3 Å². The molecule has 1 radical (unpaired) electrons. The summed E-state index contributed by atoms with van der Waals surface area (Å²) in [4.78, 5) is 0. The normalized spacial score (nSPS) is 44.4. The van der Waals surface area contributed by atoms with E-state index in [1.807, 2.05) is 0 Å². The zero-order valence-corrected chi connectivity index (χ0v) is 13.4. The monoisotopic (exact) mass is 401 g/mol. The molecule has 0 bridgehead atoms. The molecule has 1 nitrogen and oxygen atoms in total. The van der Waals surface area contributed by atoms with Crippen LogP contribution in [0.15, 0.2) is 0 Å². The Hall–Kier alpha value is 2.50. The van der Waals surface area contributed by atoms with Gasteiger partial charge in [-0.2, -0.15) is 0 Å². The molecule has 0 aromatic carbocycles. The van der Waals surface area contributed by atoms with Crippen molar-refractivity contribution >= 4 is 82.0 Å². The summed E-state index contributed by atoms with van der Waals surface area (Å²) in [6, 6.07) is 0. The first-order valence-corrected chi connectivity index (χ1v) is 5.93. The van der Waals surface area contributed by atoms with E-state index in [0.717, 1.165) is 0 Å². The molecular weight excluding hydrogens is 395 g/mol. The smallest absolute Gasteiger partial charge is 0.0693 e. The molecule has 9 heteroatoms. The van der Waals surface area contributed by atoms with E-state index in [2.05, 4.69) is 0 Å². The van der Waals surface area contributed by atoms with Crippen molar-refractivity contribution in [2.75, 3.05) is 0 Å². The summed E-state index contributed by atoms with van der Waals surface area (Å²) in [5.74, 6) is 0. The van der Waals surface area contributed by atoms with Crippen molar-refractivity contribution < 1.29 is 22.3 Å². The van der Waals surface area contributed by atoms with Crippen molar-refractivity contribution in [3.63, 3.8) is 0 Å². The number of hydrogen-bond donors (Lipinski definition) is 0. The summed E-state index contributed by atoms with van der Waals surface area (Å²) in [6.07, 6.45) is 0. The third-order valence-electron chi connectivity index (χ3n) is 1.83. The first kappa shape index (κ1) is 22.7. The van der Waals surface area contributed by atoms with Gasteiger partial charge in [-0.1, -0.05) is 0 Å². The van der Waals surface area contributed by atoms with Gasteiger partial charge < -0.3 is 5.48 Å². The van der Waals surface area contributed by atoms with Crippen LogP contribution < -0.4 is 0 Å². The number of hydrogen-bond acceptors (Lipinski definition) is 0. The molecular formula is C6H9Cl7CoO. The molecule has 2 N–H and O–H groups in total. The first-order valence-electron chi connectivity index (χ1n) is 3.31. The number of alkyl halides is 6. The molecule has 1 fully saturated rings. The van der Waals surface area contributed by atoms with Crippen LogP contribution in [0.3, 0.4) is 0 Å². The van der Waals surface area contributed by atoms with Crippen LogP contribution in [0.2, 0.25) is 0 Å². The minimum absolute atomic E-state index is 0. The molecule has 1 saturated carbocycles. The van der Waals surface area contributed by atoms with E-state index in [4.69, 9.17) is 69.6 Å². The molecule has 1 aliphatic carbocycles. The van der Waals surface area contributed by atoms with Crippen LogP contribution >= 0.6 is 82.0 Å². The minimum Gasteiger partial charge on any atom is -0.412 e. The van der Waals surface area contributed by atoms with Crippen molar-refractivity contribution in [1.29, 1.82) is 0 Å². The fraction of sp³-hybridized carbons (Fsp3) is 1.00. The van der Waals surface area contributed by atoms with Gasteiger partial charge in [0.25, 0.3) is 0 Å². The van der Waals surface area contributed by atoms with E-state index in [0.29, 0.717) is 0 Å². The van der Waals surface area contributed by atoms with Gasteiger partial charge in [-0.3, -0.25) is 0 Å². The maximum Gasteiger partial charge on any atom is 0.0693 e. The van der Waals surface area contributed by atoms with Crippen molar-refractivity contribution in [3.8, 4) is 0 Å². The van der Waals surface area contributed by atoms with E-state index < -0.39 is 32.3 Å². The predicted molar refractivity (Wildman–Crippen MR) is 68.7 cm³/mol. The van der Waals surface area contributed by atoms with Crippen molar-refractivity contribution in [1.82, 2.24) is 0 Å². The second kappa shape index (κ2) is 9.43. The van der Waals surface area contributed by atoms with E-state index in [1.165, 1.54) is 0 Å². The van der Waals surface area contributed by atoms with Crippen LogP contribution in [0.5, 0.6) is 0 Å². The van der Waals surface area contributed by atoms with E-state index >= 15 is 0 Å². The summed E-state index contributed by atoms with van der Waals surface area (Å²) < 4.78 is 0. The van der Waals surface area contributed by atoms with Crippen LogP contribution in [0.4, 0.5) is 0 Å². The molecule has 1 rings (SSSR count). The van der Waals surface area contributed by atoms with Gasteiger partial charge in [-0.05, 0) is 0 Å². The van der Waals surface area contributed by atoms with E-state index in [9.17, 15) is 0 Å². The second-order valence-corrected chi connectivity index (χ2v) is 5.69. The van der Waals surface area contributed by atoms with Gasteiger partial charge in [0.05, 0.1) is 32.3 Å². The molecule has 0 heterocycles. The Morgan fingerprint density at radius 1 is 0.467 bits per heavy atom. The first-order chi connectivity index (χ1) is 5.46. The molecule has 0 atom stereocenters. The molecule has 0 saturated heterocycles. The summed E-state index contributed by atoms with van der Waals surface area (Å²) >= 11 is 35.3. The molecule has 0 amide bonds. The summed E-state index contributed by atoms with van der Waals surface area (Å²) in [6.45, 7) is 0. The molecule has 0 spiro atoms. The van der Waals surface area contributed by atoms with Crippen LogP contribution in [-0.2, 0) is 16.8 Å². The zero-order chi connectivity index (χ0) is 9.46. The molecule has 0 unspecified atom stereocenters. The van der Waals surface area contributed by atoms with Crippen LogP contribution in [-0.4, -0.2) is 37.7 Å². The Kier molecular flexibility index (Phi) is 14.2. The average molecular weight is 404 g/mol. The Bertz CT molecular complexity index is 115. The third kappa shape index (κ3) is 4.94. The molecule has 0 aromatic heterocycles. The molecule has 0 aromatic rings. The van der Waals surface area contributed by atoms with Gasteiger partial charge >= 0.3 is 0 Å². The van der Waals surface area contributed by atoms with Gasteiger partial charge in [-0.25, -0.2) is 0 Å². The van der Waals surface area contributed by atoms with Gasteiger partial charge in [0.15, 0.2) is 0 Å². The van der Waals surface area contributed by atoms with Gasteiger partial charge in [0.2, 0.25) is 0 Å². The third-order valence-corrected chi connectivity index (χ3v) is 5.86. The molecule has 97 valence electrons. The Labute approximate surface area is 135 Å². The summed E-state index contributed by atoms with van der Waals surface area (Å²) in [7, 11) is 0. The Balaban J connectivity index is -0.000000480. The largest absolute Gasteiger partial charge is 0.412 e.